The SMILES string of the molecule is Cc1nc2ccccc2nc1NCC1CCCC1CO. The van der Waals surface area contributed by atoms with Crippen LogP contribution in [-0.4, -0.2) is 28.2 Å². The van der Waals surface area contributed by atoms with Gasteiger partial charge in [0.25, 0.3) is 0 Å². The first-order valence-electron chi connectivity index (χ1n) is 7.36. The molecule has 2 unspecified atom stereocenters. The van der Waals surface area contributed by atoms with Crippen molar-refractivity contribution in [1.29, 1.82) is 0 Å². The summed E-state index contributed by atoms with van der Waals surface area (Å²) in [5.74, 6) is 1.86. The van der Waals surface area contributed by atoms with E-state index in [0.717, 1.165) is 35.5 Å². The van der Waals surface area contributed by atoms with E-state index in [-0.39, 0.29) is 0 Å². The van der Waals surface area contributed by atoms with E-state index in [2.05, 4.69) is 15.3 Å². The van der Waals surface area contributed by atoms with Crippen molar-refractivity contribution in [3.8, 4) is 0 Å². The summed E-state index contributed by atoms with van der Waals surface area (Å²) in [6.07, 6.45) is 3.56. The number of aliphatic hydroxyl groups excluding tert-OH is 1. The molecular formula is C16H21N3O. The number of anilines is 1. The van der Waals surface area contributed by atoms with Gasteiger partial charge in [0.05, 0.1) is 16.7 Å². The summed E-state index contributed by atoms with van der Waals surface area (Å²) in [7, 11) is 0. The van der Waals surface area contributed by atoms with E-state index in [4.69, 9.17) is 0 Å². The zero-order valence-corrected chi connectivity index (χ0v) is 11.8. The van der Waals surface area contributed by atoms with Crippen LogP contribution in [0.1, 0.15) is 25.0 Å². The van der Waals surface area contributed by atoms with Crippen molar-refractivity contribution in [2.24, 2.45) is 11.8 Å². The summed E-state index contributed by atoms with van der Waals surface area (Å²) in [5, 5.41) is 12.8. The molecule has 20 heavy (non-hydrogen) atoms. The summed E-state index contributed by atoms with van der Waals surface area (Å²) in [4.78, 5) is 9.24. The number of aliphatic hydroxyl groups is 1. The number of aromatic nitrogens is 2. The van der Waals surface area contributed by atoms with Gasteiger partial charge in [-0.25, -0.2) is 9.97 Å². The van der Waals surface area contributed by atoms with Crippen LogP contribution in [0.3, 0.4) is 0 Å². The van der Waals surface area contributed by atoms with E-state index in [1.165, 1.54) is 12.8 Å². The zero-order valence-electron chi connectivity index (χ0n) is 11.8. The highest BCUT2D eigenvalue weighted by molar-refractivity contribution is 5.76. The largest absolute Gasteiger partial charge is 0.396 e. The molecule has 0 saturated heterocycles. The van der Waals surface area contributed by atoms with Crippen LogP contribution in [0.2, 0.25) is 0 Å². The van der Waals surface area contributed by atoms with E-state index in [1.807, 2.05) is 31.2 Å². The summed E-state index contributed by atoms with van der Waals surface area (Å²) >= 11 is 0. The number of aryl methyl sites for hydroxylation is 1. The maximum atomic E-state index is 9.37. The second-order valence-electron chi connectivity index (χ2n) is 5.66. The van der Waals surface area contributed by atoms with Crippen LogP contribution in [0, 0.1) is 18.8 Å². The Labute approximate surface area is 119 Å². The smallest absolute Gasteiger partial charge is 0.148 e. The first-order chi connectivity index (χ1) is 9.78. The maximum Gasteiger partial charge on any atom is 0.148 e. The van der Waals surface area contributed by atoms with Gasteiger partial charge < -0.3 is 10.4 Å². The fourth-order valence-corrected chi connectivity index (χ4v) is 3.11. The number of hydrogen-bond acceptors (Lipinski definition) is 4. The molecule has 1 aromatic carbocycles. The molecule has 1 aromatic heterocycles. The lowest BCUT2D eigenvalue weighted by molar-refractivity contribution is 0.199. The zero-order chi connectivity index (χ0) is 13.9. The lowest BCUT2D eigenvalue weighted by Gasteiger charge is -2.18. The van der Waals surface area contributed by atoms with Gasteiger partial charge >= 0.3 is 0 Å². The highest BCUT2D eigenvalue weighted by atomic mass is 16.3. The van der Waals surface area contributed by atoms with Crippen LogP contribution in [0.25, 0.3) is 11.0 Å². The third-order valence-corrected chi connectivity index (χ3v) is 4.33. The van der Waals surface area contributed by atoms with Crippen LogP contribution in [0.4, 0.5) is 5.82 Å². The molecule has 0 radical (unpaired) electrons. The van der Waals surface area contributed by atoms with Gasteiger partial charge in [0.2, 0.25) is 0 Å². The molecule has 0 bridgehead atoms. The van der Waals surface area contributed by atoms with E-state index < -0.39 is 0 Å². The summed E-state index contributed by atoms with van der Waals surface area (Å²) < 4.78 is 0. The monoisotopic (exact) mass is 271 g/mol. The molecule has 1 saturated carbocycles. The Morgan fingerprint density at radius 3 is 2.60 bits per heavy atom. The first-order valence-corrected chi connectivity index (χ1v) is 7.36. The van der Waals surface area contributed by atoms with Crippen LogP contribution in [0.5, 0.6) is 0 Å². The molecule has 2 N–H and O–H groups in total. The van der Waals surface area contributed by atoms with Crippen LogP contribution in [0.15, 0.2) is 24.3 Å². The predicted octanol–water partition coefficient (Wildman–Crippen LogP) is 2.76. The minimum Gasteiger partial charge on any atom is -0.396 e. The molecule has 2 aromatic rings. The fourth-order valence-electron chi connectivity index (χ4n) is 3.11. The van der Waals surface area contributed by atoms with Crippen molar-refractivity contribution in [3.05, 3.63) is 30.0 Å². The summed E-state index contributed by atoms with van der Waals surface area (Å²) in [6, 6.07) is 7.93. The average molecular weight is 271 g/mol. The lowest BCUT2D eigenvalue weighted by atomic mass is 9.97. The Bertz CT molecular complexity index is 599. The third kappa shape index (κ3) is 2.61. The number of benzene rings is 1. The highest BCUT2D eigenvalue weighted by Gasteiger charge is 2.26. The quantitative estimate of drug-likeness (QED) is 0.897. The van der Waals surface area contributed by atoms with Crippen molar-refractivity contribution in [3.63, 3.8) is 0 Å². The normalized spacial score (nSPS) is 22.3. The minimum absolute atomic E-state index is 0.300. The Hall–Kier alpha value is -1.68. The number of fused-ring (bicyclic) bond motifs is 1. The Morgan fingerprint density at radius 2 is 1.85 bits per heavy atom. The van der Waals surface area contributed by atoms with Gasteiger partial charge in [-0.2, -0.15) is 0 Å². The van der Waals surface area contributed by atoms with Crippen LogP contribution in [-0.2, 0) is 0 Å². The van der Waals surface area contributed by atoms with E-state index in [9.17, 15) is 5.11 Å². The van der Waals surface area contributed by atoms with E-state index >= 15 is 0 Å². The highest BCUT2D eigenvalue weighted by Crippen LogP contribution is 2.31. The molecule has 0 spiro atoms. The molecule has 1 heterocycles. The fraction of sp³-hybridized carbons (Fsp3) is 0.500. The summed E-state index contributed by atoms with van der Waals surface area (Å²) in [6.45, 7) is 3.16. The molecule has 0 amide bonds. The van der Waals surface area contributed by atoms with Crippen molar-refractivity contribution >= 4 is 16.9 Å². The molecule has 106 valence electrons. The molecule has 2 atom stereocenters. The van der Waals surface area contributed by atoms with Crippen molar-refractivity contribution in [1.82, 2.24) is 9.97 Å². The first kappa shape index (κ1) is 13.3. The van der Waals surface area contributed by atoms with Crippen molar-refractivity contribution in [2.75, 3.05) is 18.5 Å². The van der Waals surface area contributed by atoms with Gasteiger partial charge in [-0.1, -0.05) is 18.6 Å². The van der Waals surface area contributed by atoms with Gasteiger partial charge in [0.1, 0.15) is 5.82 Å². The van der Waals surface area contributed by atoms with Crippen molar-refractivity contribution < 1.29 is 5.11 Å². The van der Waals surface area contributed by atoms with Gasteiger partial charge in [0.15, 0.2) is 0 Å². The Balaban J connectivity index is 1.75. The molecule has 4 nitrogen and oxygen atoms in total. The van der Waals surface area contributed by atoms with Gasteiger partial charge in [-0.3, -0.25) is 0 Å². The Kier molecular flexibility index (Phi) is 3.83. The molecule has 3 rings (SSSR count). The standard InChI is InChI=1S/C16H21N3O/c1-11-16(17-9-12-5-4-6-13(12)10-20)19-15-8-3-2-7-14(15)18-11/h2-3,7-8,12-13,20H,4-6,9-10H2,1H3,(H,17,19). The number of hydrogen-bond donors (Lipinski definition) is 2. The molecule has 4 heteroatoms. The van der Waals surface area contributed by atoms with Crippen LogP contribution >= 0.6 is 0 Å². The number of nitrogens with zero attached hydrogens (tertiary/aromatic N) is 2. The average Bonchev–Trinajstić information content (AvgIpc) is 2.92. The maximum absolute atomic E-state index is 9.37. The van der Waals surface area contributed by atoms with E-state index in [0.29, 0.717) is 18.4 Å². The topological polar surface area (TPSA) is 58.0 Å². The van der Waals surface area contributed by atoms with Crippen molar-refractivity contribution in [2.45, 2.75) is 26.2 Å². The Morgan fingerprint density at radius 1 is 1.15 bits per heavy atom. The van der Waals surface area contributed by atoms with Crippen LogP contribution < -0.4 is 5.32 Å². The molecule has 1 fully saturated rings. The molecular weight excluding hydrogens is 250 g/mol. The lowest BCUT2D eigenvalue weighted by Crippen LogP contribution is -2.21. The molecule has 1 aliphatic carbocycles. The summed E-state index contributed by atoms with van der Waals surface area (Å²) in [5.41, 5.74) is 2.79. The number of para-hydroxylation sites is 2. The van der Waals surface area contributed by atoms with E-state index in [1.54, 1.807) is 0 Å². The molecule has 0 aliphatic heterocycles. The molecule has 1 aliphatic rings. The minimum atomic E-state index is 0.300. The predicted molar refractivity (Wildman–Crippen MR) is 80.7 cm³/mol. The third-order valence-electron chi connectivity index (χ3n) is 4.33. The van der Waals surface area contributed by atoms with Gasteiger partial charge in [0, 0.05) is 13.2 Å². The van der Waals surface area contributed by atoms with Gasteiger partial charge in [-0.15, -0.1) is 0 Å². The second kappa shape index (κ2) is 5.75. The number of nitrogens with one attached hydrogen (secondary N) is 1. The number of rotatable bonds is 4. The van der Waals surface area contributed by atoms with Gasteiger partial charge in [-0.05, 0) is 43.7 Å². The second-order valence-corrected chi connectivity index (χ2v) is 5.66.